The lowest BCUT2D eigenvalue weighted by Crippen LogP contribution is -2.01. The average molecular weight is 520 g/mol. The molecule has 0 radical (unpaired) electrons. The highest BCUT2D eigenvalue weighted by molar-refractivity contribution is 9.10. The largest absolute Gasteiger partial charge is 0.442 e. The quantitative estimate of drug-likeness (QED) is 0.186. The number of hydrogen-bond acceptors (Lipinski definition) is 5. The Hall–Kier alpha value is -1.25. The second kappa shape index (κ2) is 10.2. The predicted octanol–water partition coefficient (Wildman–Crippen LogP) is 7.08. The molecule has 1 unspecified atom stereocenters. The molecule has 29 heavy (non-hydrogen) atoms. The first-order valence-electron chi connectivity index (χ1n) is 8.57. The van der Waals surface area contributed by atoms with Crippen molar-refractivity contribution in [3.05, 3.63) is 63.9 Å². The first kappa shape index (κ1) is 22.4. The summed E-state index contributed by atoms with van der Waals surface area (Å²) in [4.78, 5) is 13.8. The van der Waals surface area contributed by atoms with Gasteiger partial charge in [0.1, 0.15) is 5.75 Å². The highest BCUT2D eigenvalue weighted by Gasteiger charge is 2.34. The third kappa shape index (κ3) is 6.36. The SMILES string of the molecule is O=P(O)(Oc1ccc(CCCSc2nc(-c3ccccc3)cs2)cc1Br)C(F)F. The van der Waals surface area contributed by atoms with Crippen LogP contribution in [0.15, 0.2) is 62.7 Å². The molecule has 0 bridgehead atoms. The topological polar surface area (TPSA) is 59.4 Å². The Balaban J connectivity index is 1.49. The van der Waals surface area contributed by atoms with E-state index in [1.54, 1.807) is 35.2 Å². The molecule has 1 atom stereocenters. The molecule has 154 valence electrons. The minimum Gasteiger partial charge on any atom is -0.420 e. The molecule has 1 heterocycles. The third-order valence-electron chi connectivity index (χ3n) is 3.86. The molecule has 0 amide bonds. The van der Waals surface area contributed by atoms with Crippen LogP contribution in [0.2, 0.25) is 0 Å². The van der Waals surface area contributed by atoms with Crippen LogP contribution >= 0.6 is 46.6 Å². The average Bonchev–Trinajstić information content (AvgIpc) is 3.17. The molecule has 10 heteroatoms. The van der Waals surface area contributed by atoms with E-state index >= 15 is 0 Å². The summed E-state index contributed by atoms with van der Waals surface area (Å²) in [7, 11) is -4.98. The molecule has 1 aromatic heterocycles. The van der Waals surface area contributed by atoms with Gasteiger partial charge in [-0.25, -0.2) is 9.55 Å². The molecule has 1 N–H and O–H groups in total. The van der Waals surface area contributed by atoms with Gasteiger partial charge >= 0.3 is 13.8 Å². The summed E-state index contributed by atoms with van der Waals surface area (Å²) < 4.78 is 42.3. The van der Waals surface area contributed by atoms with Crippen molar-refractivity contribution in [2.45, 2.75) is 23.3 Å². The molecule has 0 spiro atoms. The maximum atomic E-state index is 12.5. The highest BCUT2D eigenvalue weighted by Crippen LogP contribution is 2.50. The van der Waals surface area contributed by atoms with Gasteiger partial charge in [-0.15, -0.1) is 11.3 Å². The van der Waals surface area contributed by atoms with Gasteiger partial charge in [-0.3, -0.25) is 0 Å². The zero-order valence-corrected chi connectivity index (χ0v) is 19.1. The van der Waals surface area contributed by atoms with Crippen molar-refractivity contribution in [2.75, 3.05) is 5.75 Å². The van der Waals surface area contributed by atoms with Crippen LogP contribution in [0, 0.1) is 0 Å². The lowest BCUT2D eigenvalue weighted by atomic mass is 10.1. The van der Waals surface area contributed by atoms with Gasteiger partial charge in [-0.05, 0) is 46.5 Å². The molecule has 0 aliphatic heterocycles. The van der Waals surface area contributed by atoms with Gasteiger partial charge in [0.25, 0.3) is 0 Å². The predicted molar refractivity (Wildman–Crippen MR) is 117 cm³/mol. The maximum absolute atomic E-state index is 12.5. The van der Waals surface area contributed by atoms with Crippen LogP contribution in [0.1, 0.15) is 12.0 Å². The van der Waals surface area contributed by atoms with Crippen molar-refractivity contribution >= 4 is 46.6 Å². The molecule has 0 saturated carbocycles. The van der Waals surface area contributed by atoms with Gasteiger partial charge in [0.15, 0.2) is 4.34 Å². The summed E-state index contributed by atoms with van der Waals surface area (Å²) >= 11 is 6.51. The molecular formula is C19H17BrF2NO3PS2. The number of hydrogen-bond donors (Lipinski definition) is 1. The van der Waals surface area contributed by atoms with Crippen LogP contribution < -0.4 is 4.52 Å². The molecule has 4 nitrogen and oxygen atoms in total. The van der Waals surface area contributed by atoms with E-state index in [0.29, 0.717) is 4.47 Å². The minimum atomic E-state index is -4.98. The van der Waals surface area contributed by atoms with Crippen LogP contribution in [-0.2, 0) is 11.0 Å². The van der Waals surface area contributed by atoms with Crippen molar-refractivity contribution in [3.8, 4) is 17.0 Å². The normalized spacial score (nSPS) is 13.4. The maximum Gasteiger partial charge on any atom is 0.442 e. The van der Waals surface area contributed by atoms with E-state index in [1.165, 1.54) is 6.07 Å². The summed E-state index contributed by atoms with van der Waals surface area (Å²) in [5.74, 6) is 0.806. The number of alkyl halides is 2. The van der Waals surface area contributed by atoms with Gasteiger partial charge in [0, 0.05) is 16.7 Å². The van der Waals surface area contributed by atoms with Crippen molar-refractivity contribution in [1.29, 1.82) is 0 Å². The zero-order chi connectivity index (χ0) is 20.9. The number of benzene rings is 2. The van der Waals surface area contributed by atoms with Crippen molar-refractivity contribution in [2.24, 2.45) is 0 Å². The Morgan fingerprint density at radius 1 is 1.24 bits per heavy atom. The zero-order valence-electron chi connectivity index (χ0n) is 15.0. The second-order valence-corrected chi connectivity index (χ2v) is 10.8. The minimum absolute atomic E-state index is 0.0783. The van der Waals surface area contributed by atoms with Crippen molar-refractivity contribution in [3.63, 3.8) is 0 Å². The molecular weight excluding hydrogens is 503 g/mol. The highest BCUT2D eigenvalue weighted by atomic mass is 79.9. The van der Waals surface area contributed by atoms with Gasteiger partial charge in [-0.2, -0.15) is 8.78 Å². The van der Waals surface area contributed by atoms with E-state index in [2.05, 4.69) is 25.4 Å². The first-order valence-corrected chi connectivity index (χ1v) is 12.9. The Morgan fingerprint density at radius 2 is 2.00 bits per heavy atom. The van der Waals surface area contributed by atoms with Crippen LogP contribution in [0.5, 0.6) is 5.75 Å². The van der Waals surface area contributed by atoms with Crippen LogP contribution in [0.3, 0.4) is 0 Å². The van der Waals surface area contributed by atoms with Crippen LogP contribution in [-0.4, -0.2) is 21.8 Å². The number of nitrogens with zero attached hydrogens (tertiary/aromatic N) is 1. The molecule has 0 saturated heterocycles. The molecule has 0 fully saturated rings. The monoisotopic (exact) mass is 519 g/mol. The van der Waals surface area contributed by atoms with Crippen LogP contribution in [0.4, 0.5) is 8.78 Å². The van der Waals surface area contributed by atoms with E-state index in [-0.39, 0.29) is 5.75 Å². The van der Waals surface area contributed by atoms with Crippen LogP contribution in [0.25, 0.3) is 11.3 Å². The van der Waals surface area contributed by atoms with E-state index in [9.17, 15) is 13.3 Å². The Morgan fingerprint density at radius 3 is 2.69 bits per heavy atom. The molecule has 2 aromatic carbocycles. The fraction of sp³-hybridized carbons (Fsp3) is 0.211. The third-order valence-corrected chi connectivity index (χ3v) is 7.54. The number of thioether (sulfide) groups is 1. The molecule has 0 aliphatic rings. The number of rotatable bonds is 9. The number of aryl methyl sites for hydroxylation is 1. The Bertz CT molecular complexity index is 1000. The second-order valence-electron chi connectivity index (χ2n) is 6.01. The van der Waals surface area contributed by atoms with E-state index < -0.39 is 13.8 Å². The summed E-state index contributed by atoms with van der Waals surface area (Å²) in [5.41, 5.74) is 3.04. The van der Waals surface area contributed by atoms with Gasteiger partial charge in [0.05, 0.1) is 10.2 Å². The molecule has 3 aromatic rings. The van der Waals surface area contributed by atoms with Crippen molar-refractivity contribution in [1.82, 2.24) is 4.98 Å². The lowest BCUT2D eigenvalue weighted by molar-refractivity contribution is 0.188. The van der Waals surface area contributed by atoms with E-state index in [4.69, 9.17) is 4.89 Å². The van der Waals surface area contributed by atoms with E-state index in [0.717, 1.165) is 39.8 Å². The van der Waals surface area contributed by atoms with Gasteiger partial charge < -0.3 is 9.42 Å². The fourth-order valence-corrected chi connectivity index (χ4v) is 5.45. The van der Waals surface area contributed by atoms with Crippen molar-refractivity contribution < 1.29 is 22.8 Å². The van der Waals surface area contributed by atoms with Gasteiger partial charge in [-0.1, -0.05) is 48.2 Å². The summed E-state index contributed by atoms with van der Waals surface area (Å²) in [6, 6.07) is 14.9. The smallest absolute Gasteiger partial charge is 0.420 e. The first-order chi connectivity index (χ1) is 13.8. The van der Waals surface area contributed by atoms with Gasteiger partial charge in [0.2, 0.25) is 0 Å². The van der Waals surface area contributed by atoms with E-state index in [1.807, 2.05) is 35.7 Å². The Kier molecular flexibility index (Phi) is 7.87. The summed E-state index contributed by atoms with van der Waals surface area (Å²) in [6.07, 6.45) is -1.78. The number of aromatic nitrogens is 1. The summed E-state index contributed by atoms with van der Waals surface area (Å²) in [5, 5.41) is 2.05. The molecule has 3 rings (SSSR count). The number of thiazole rings is 1. The summed E-state index contributed by atoms with van der Waals surface area (Å²) in [6.45, 7) is 0. The molecule has 0 aliphatic carbocycles. The Labute approximate surface area is 184 Å². The number of halogens is 3. The fourth-order valence-electron chi connectivity index (χ4n) is 2.46. The standard InChI is InChI=1S/C19H17BrF2NO3PS2/c20-15-11-13(8-9-17(15)26-27(24,25)18(21)22)5-4-10-28-19-23-16(12-29-19)14-6-2-1-3-7-14/h1-3,6-9,11-12,18H,4-5,10H2,(H,24,25). The lowest BCUT2D eigenvalue weighted by Gasteiger charge is -2.14.